The van der Waals surface area contributed by atoms with Gasteiger partial charge in [-0.3, -0.25) is 4.90 Å². The van der Waals surface area contributed by atoms with Gasteiger partial charge in [-0.15, -0.1) is 0 Å². The molecule has 0 spiro atoms. The molecule has 1 unspecified atom stereocenters. The Morgan fingerprint density at radius 3 is 2.43 bits per heavy atom. The molecule has 9 heteroatoms. The van der Waals surface area contributed by atoms with Gasteiger partial charge in [-0.2, -0.15) is 0 Å². The summed E-state index contributed by atoms with van der Waals surface area (Å²) in [6.07, 6.45) is 0.733. The van der Waals surface area contributed by atoms with Gasteiger partial charge in [-0.25, -0.2) is 14.4 Å². The van der Waals surface area contributed by atoms with E-state index in [2.05, 4.69) is 16.0 Å². The number of esters is 1. The fourth-order valence-corrected chi connectivity index (χ4v) is 3.81. The SMILES string of the molecule is CCCN1C(=O)NC(c2cccc(NC(=O)Nc3ccc(C)cc3)c2)C(C(=O)OCCOC)=C1C. The molecule has 1 atom stereocenters. The number of urea groups is 2. The first-order chi connectivity index (χ1) is 16.8. The second-order valence-electron chi connectivity index (χ2n) is 8.23. The number of amides is 4. The van der Waals surface area contributed by atoms with Crippen molar-refractivity contribution >= 4 is 29.4 Å². The van der Waals surface area contributed by atoms with Crippen LogP contribution in [0.5, 0.6) is 0 Å². The van der Waals surface area contributed by atoms with E-state index in [4.69, 9.17) is 9.47 Å². The lowest BCUT2D eigenvalue weighted by Crippen LogP contribution is -2.48. The Hall–Kier alpha value is -3.85. The van der Waals surface area contributed by atoms with Crippen molar-refractivity contribution in [3.8, 4) is 0 Å². The summed E-state index contributed by atoms with van der Waals surface area (Å²) in [5.41, 5.74) is 3.80. The van der Waals surface area contributed by atoms with Gasteiger partial charge in [0, 0.05) is 30.7 Å². The molecule has 0 aliphatic carbocycles. The molecule has 2 aromatic carbocycles. The molecule has 35 heavy (non-hydrogen) atoms. The Morgan fingerprint density at radius 2 is 1.74 bits per heavy atom. The van der Waals surface area contributed by atoms with E-state index >= 15 is 0 Å². The number of nitrogens with zero attached hydrogens (tertiary/aromatic N) is 1. The normalized spacial score (nSPS) is 15.5. The van der Waals surface area contributed by atoms with Crippen molar-refractivity contribution in [1.29, 1.82) is 0 Å². The lowest BCUT2D eigenvalue weighted by Gasteiger charge is -2.35. The number of hydrogen-bond acceptors (Lipinski definition) is 5. The van der Waals surface area contributed by atoms with Crippen LogP contribution >= 0.6 is 0 Å². The van der Waals surface area contributed by atoms with Crippen molar-refractivity contribution in [1.82, 2.24) is 10.2 Å². The minimum Gasteiger partial charge on any atom is -0.460 e. The van der Waals surface area contributed by atoms with Gasteiger partial charge in [0.15, 0.2) is 0 Å². The fraction of sp³-hybridized carbons (Fsp3) is 0.346. The first-order valence-corrected chi connectivity index (χ1v) is 11.5. The third kappa shape index (κ3) is 6.60. The molecule has 9 nitrogen and oxygen atoms in total. The number of allylic oxidation sites excluding steroid dienone is 1. The number of hydrogen-bond donors (Lipinski definition) is 3. The maximum Gasteiger partial charge on any atom is 0.338 e. The van der Waals surface area contributed by atoms with Gasteiger partial charge in [-0.1, -0.05) is 36.8 Å². The number of carbonyl (C=O) groups is 3. The molecule has 1 aliphatic heterocycles. The number of rotatable bonds is 9. The number of nitrogens with one attached hydrogen (secondary N) is 3. The summed E-state index contributed by atoms with van der Waals surface area (Å²) >= 11 is 0. The molecule has 0 saturated carbocycles. The van der Waals surface area contributed by atoms with Crippen LogP contribution in [0.3, 0.4) is 0 Å². The van der Waals surface area contributed by atoms with E-state index in [0.29, 0.717) is 34.8 Å². The fourth-order valence-electron chi connectivity index (χ4n) is 3.81. The zero-order valence-corrected chi connectivity index (χ0v) is 20.5. The second-order valence-corrected chi connectivity index (χ2v) is 8.23. The average Bonchev–Trinajstić information content (AvgIpc) is 2.83. The average molecular weight is 481 g/mol. The second kappa shape index (κ2) is 12.0. The molecule has 3 rings (SSSR count). The Bertz CT molecular complexity index is 1100. The molecule has 1 aliphatic rings. The van der Waals surface area contributed by atoms with Crippen molar-refractivity contribution in [2.45, 2.75) is 33.2 Å². The minimum atomic E-state index is -0.729. The monoisotopic (exact) mass is 480 g/mol. The van der Waals surface area contributed by atoms with E-state index in [1.54, 1.807) is 36.1 Å². The third-order valence-corrected chi connectivity index (χ3v) is 5.57. The Balaban J connectivity index is 1.84. The number of carbonyl (C=O) groups excluding carboxylic acids is 3. The van der Waals surface area contributed by atoms with E-state index in [-0.39, 0.29) is 19.2 Å². The molecule has 4 amide bonds. The minimum absolute atomic E-state index is 0.0985. The number of ether oxygens (including phenoxy) is 2. The highest BCUT2D eigenvalue weighted by atomic mass is 16.6. The Morgan fingerprint density at radius 1 is 1.03 bits per heavy atom. The van der Waals surface area contributed by atoms with Crippen LogP contribution in [0.4, 0.5) is 21.0 Å². The zero-order chi connectivity index (χ0) is 25.4. The van der Waals surface area contributed by atoms with Crippen molar-refractivity contribution < 1.29 is 23.9 Å². The third-order valence-electron chi connectivity index (χ3n) is 5.57. The first-order valence-electron chi connectivity index (χ1n) is 11.5. The van der Waals surface area contributed by atoms with E-state index in [1.165, 1.54) is 7.11 Å². The summed E-state index contributed by atoms with van der Waals surface area (Å²) in [5.74, 6) is -0.527. The van der Waals surface area contributed by atoms with Crippen LogP contribution in [-0.2, 0) is 14.3 Å². The number of benzene rings is 2. The molecule has 0 fully saturated rings. The van der Waals surface area contributed by atoms with E-state index in [9.17, 15) is 14.4 Å². The quantitative estimate of drug-likeness (QED) is 0.360. The first kappa shape index (κ1) is 25.8. The maximum absolute atomic E-state index is 13.0. The van der Waals surface area contributed by atoms with Gasteiger partial charge in [0.25, 0.3) is 0 Å². The van der Waals surface area contributed by atoms with Crippen LogP contribution < -0.4 is 16.0 Å². The van der Waals surface area contributed by atoms with Gasteiger partial charge < -0.3 is 25.4 Å². The number of anilines is 2. The van der Waals surface area contributed by atoms with Crippen molar-refractivity contribution in [2.24, 2.45) is 0 Å². The zero-order valence-electron chi connectivity index (χ0n) is 20.5. The van der Waals surface area contributed by atoms with Crippen molar-refractivity contribution in [3.63, 3.8) is 0 Å². The molecular formula is C26H32N4O5. The van der Waals surface area contributed by atoms with Crippen LogP contribution in [0.15, 0.2) is 59.8 Å². The van der Waals surface area contributed by atoms with Crippen molar-refractivity contribution in [2.75, 3.05) is 37.5 Å². The largest absolute Gasteiger partial charge is 0.460 e. The van der Waals surface area contributed by atoms with E-state index < -0.39 is 18.0 Å². The summed E-state index contributed by atoms with van der Waals surface area (Å²) in [6, 6.07) is 13.0. The summed E-state index contributed by atoms with van der Waals surface area (Å²) in [7, 11) is 1.53. The highest BCUT2D eigenvalue weighted by Gasteiger charge is 2.36. The van der Waals surface area contributed by atoms with Crippen LogP contribution in [-0.4, -0.2) is 49.8 Å². The predicted octanol–water partition coefficient (Wildman–Crippen LogP) is 4.58. The van der Waals surface area contributed by atoms with Crippen LogP contribution in [0.25, 0.3) is 0 Å². The molecule has 186 valence electrons. The van der Waals surface area contributed by atoms with Gasteiger partial charge in [-0.05, 0) is 50.1 Å². The van der Waals surface area contributed by atoms with Crippen LogP contribution in [0.2, 0.25) is 0 Å². The molecule has 0 bridgehead atoms. The Labute approximate surface area is 205 Å². The van der Waals surface area contributed by atoms with E-state index in [0.717, 1.165) is 12.0 Å². The highest BCUT2D eigenvalue weighted by molar-refractivity contribution is 6.00. The van der Waals surface area contributed by atoms with Gasteiger partial charge >= 0.3 is 18.0 Å². The van der Waals surface area contributed by atoms with Crippen LogP contribution in [0, 0.1) is 6.92 Å². The Kier molecular flexibility index (Phi) is 8.86. The van der Waals surface area contributed by atoms with Gasteiger partial charge in [0.1, 0.15) is 6.61 Å². The van der Waals surface area contributed by atoms with E-state index in [1.807, 2.05) is 38.1 Å². The summed E-state index contributed by atoms with van der Waals surface area (Å²) in [5, 5.41) is 8.50. The topological polar surface area (TPSA) is 109 Å². The molecule has 3 N–H and O–H groups in total. The maximum atomic E-state index is 13.0. The lowest BCUT2D eigenvalue weighted by atomic mass is 9.94. The number of aryl methyl sites for hydroxylation is 1. The number of methoxy groups -OCH3 is 1. The molecule has 0 aromatic heterocycles. The molecule has 0 saturated heterocycles. The van der Waals surface area contributed by atoms with Gasteiger partial charge in [0.05, 0.1) is 18.2 Å². The highest BCUT2D eigenvalue weighted by Crippen LogP contribution is 2.32. The standard InChI is InChI=1S/C26H32N4O5/c1-5-13-30-18(3)22(24(31)35-15-14-34-4)23(29-26(30)33)19-7-6-8-21(16-19)28-25(32)27-20-11-9-17(2)10-12-20/h6-12,16,23H,5,13-15H2,1-4H3,(H,29,33)(H2,27,28,32). The smallest absolute Gasteiger partial charge is 0.338 e. The van der Waals surface area contributed by atoms with Crippen LogP contribution in [0.1, 0.15) is 37.4 Å². The summed E-state index contributed by atoms with van der Waals surface area (Å²) in [6.45, 7) is 6.51. The lowest BCUT2D eigenvalue weighted by molar-refractivity contribution is -0.140. The molecular weight excluding hydrogens is 448 g/mol. The van der Waals surface area contributed by atoms with Crippen molar-refractivity contribution in [3.05, 3.63) is 70.9 Å². The molecule has 0 radical (unpaired) electrons. The predicted molar refractivity (Wildman–Crippen MR) is 134 cm³/mol. The molecule has 1 heterocycles. The summed E-state index contributed by atoms with van der Waals surface area (Å²) < 4.78 is 10.4. The summed E-state index contributed by atoms with van der Waals surface area (Å²) in [4.78, 5) is 39.9. The van der Waals surface area contributed by atoms with Gasteiger partial charge in [0.2, 0.25) is 0 Å². The molecule has 2 aromatic rings.